The lowest BCUT2D eigenvalue weighted by atomic mass is 9.90. The Morgan fingerprint density at radius 1 is 1.06 bits per heavy atom. The lowest BCUT2D eigenvalue weighted by Gasteiger charge is -2.31. The second-order valence-corrected chi connectivity index (χ2v) is 8.73. The average molecular weight is 454 g/mol. The molecule has 0 atom stereocenters. The zero-order chi connectivity index (χ0) is 23.5. The number of aryl methyl sites for hydroxylation is 1. The predicted octanol–water partition coefficient (Wildman–Crippen LogP) is 3.84. The number of Topliss-reactive ketones (excluding diaryl/α,β-unsaturated/α-hetero) is 1. The van der Waals surface area contributed by atoms with Crippen molar-refractivity contribution in [3.8, 4) is 5.75 Å². The third kappa shape index (κ3) is 5.81. The fraction of sp³-hybridized carbons (Fsp3) is 0.609. The van der Waals surface area contributed by atoms with Crippen LogP contribution in [-0.4, -0.2) is 58.3 Å². The number of nitrogens with zero attached hydrogens (tertiary/aromatic N) is 2. The van der Waals surface area contributed by atoms with E-state index in [1.54, 1.807) is 6.92 Å². The molecule has 32 heavy (non-hydrogen) atoms. The van der Waals surface area contributed by atoms with Crippen LogP contribution in [0.15, 0.2) is 12.1 Å². The third-order valence-corrected chi connectivity index (χ3v) is 6.46. The van der Waals surface area contributed by atoms with E-state index in [1.165, 1.54) is 12.1 Å². The largest absolute Gasteiger partial charge is 0.507 e. The van der Waals surface area contributed by atoms with Crippen molar-refractivity contribution >= 4 is 17.6 Å². The summed E-state index contributed by atoms with van der Waals surface area (Å²) in [6, 6.07) is 2.89. The number of amides is 2. The minimum Gasteiger partial charge on any atom is -0.507 e. The van der Waals surface area contributed by atoms with E-state index in [2.05, 4.69) is 0 Å². The predicted molar refractivity (Wildman–Crippen MR) is 111 cm³/mol. The second kappa shape index (κ2) is 9.92. The molecule has 0 aromatic heterocycles. The molecule has 2 heterocycles. The number of carbonyl (C=O) groups is 3. The second-order valence-electron chi connectivity index (χ2n) is 8.73. The maximum atomic E-state index is 12.9. The number of hydrogen-bond acceptors (Lipinski definition) is 4. The van der Waals surface area contributed by atoms with Crippen molar-refractivity contribution in [1.82, 2.24) is 9.80 Å². The van der Waals surface area contributed by atoms with Crippen molar-refractivity contribution in [2.45, 2.75) is 64.6 Å². The Bertz CT molecular complexity index is 877. The van der Waals surface area contributed by atoms with Gasteiger partial charge in [0.15, 0.2) is 5.78 Å². The minimum absolute atomic E-state index is 0.0283. The molecule has 0 spiro atoms. The quantitative estimate of drug-likeness (QED) is 0.686. The molecular weight excluding hydrogens is 425 g/mol. The van der Waals surface area contributed by atoms with Crippen LogP contribution in [0.2, 0.25) is 0 Å². The smallest absolute Gasteiger partial charge is 0.471 e. The van der Waals surface area contributed by atoms with E-state index in [-0.39, 0.29) is 42.5 Å². The number of piperidine rings is 1. The Morgan fingerprint density at radius 2 is 1.75 bits per heavy atom. The first-order valence-corrected chi connectivity index (χ1v) is 11.1. The number of hydrogen-bond donors (Lipinski definition) is 1. The van der Waals surface area contributed by atoms with E-state index in [4.69, 9.17) is 0 Å². The van der Waals surface area contributed by atoms with Gasteiger partial charge in [0.1, 0.15) is 5.75 Å². The van der Waals surface area contributed by atoms with Gasteiger partial charge < -0.3 is 14.9 Å². The van der Waals surface area contributed by atoms with Crippen molar-refractivity contribution in [2.24, 2.45) is 5.92 Å². The molecule has 1 aromatic rings. The van der Waals surface area contributed by atoms with Gasteiger partial charge in [0.05, 0.1) is 5.56 Å². The average Bonchev–Trinajstić information content (AvgIpc) is 2.94. The van der Waals surface area contributed by atoms with E-state index in [9.17, 15) is 32.7 Å². The number of fused-ring (bicyclic) bond motifs is 1. The molecule has 0 unspecified atom stereocenters. The molecule has 2 aliphatic heterocycles. The number of aromatic hydroxyl groups is 1. The van der Waals surface area contributed by atoms with E-state index in [0.29, 0.717) is 36.3 Å². The normalized spacial score (nSPS) is 17.6. The summed E-state index contributed by atoms with van der Waals surface area (Å²) in [5.74, 6) is -1.79. The highest BCUT2D eigenvalue weighted by Crippen LogP contribution is 2.30. The van der Waals surface area contributed by atoms with Crippen LogP contribution in [0.4, 0.5) is 13.2 Å². The standard InChI is InChI=1S/C23H29F3N2O4/c1-15(29)27-10-7-16(8-11-27)4-2-6-20(30)19-12-18-14-28(22(32)23(24,25)26)9-3-5-17(18)13-21(19)31/h12-13,16,31H,2-11,14H2,1H3. The van der Waals surface area contributed by atoms with Crippen LogP contribution in [0.25, 0.3) is 0 Å². The van der Waals surface area contributed by atoms with E-state index >= 15 is 0 Å². The molecule has 2 aliphatic rings. The van der Waals surface area contributed by atoms with Gasteiger partial charge in [-0.15, -0.1) is 0 Å². The Kier molecular flexibility index (Phi) is 7.46. The van der Waals surface area contributed by atoms with E-state index in [1.807, 2.05) is 4.90 Å². The Labute approximate surface area is 185 Å². The zero-order valence-corrected chi connectivity index (χ0v) is 18.2. The Balaban J connectivity index is 1.61. The molecule has 6 nitrogen and oxygen atoms in total. The van der Waals surface area contributed by atoms with Crippen molar-refractivity contribution in [2.75, 3.05) is 19.6 Å². The fourth-order valence-corrected chi connectivity index (χ4v) is 4.60. The molecule has 0 aliphatic carbocycles. The van der Waals surface area contributed by atoms with Gasteiger partial charge in [-0.25, -0.2) is 0 Å². The highest BCUT2D eigenvalue weighted by molar-refractivity contribution is 5.99. The third-order valence-electron chi connectivity index (χ3n) is 6.46. The van der Waals surface area contributed by atoms with E-state index in [0.717, 1.165) is 37.3 Å². The van der Waals surface area contributed by atoms with Crippen LogP contribution in [0.3, 0.4) is 0 Å². The van der Waals surface area contributed by atoms with Gasteiger partial charge in [-0.3, -0.25) is 14.4 Å². The summed E-state index contributed by atoms with van der Waals surface area (Å²) in [6.45, 7) is 2.76. The molecule has 1 N–H and O–H groups in total. The molecule has 1 saturated heterocycles. The number of benzene rings is 1. The van der Waals surface area contributed by atoms with Crippen molar-refractivity contribution in [3.05, 3.63) is 28.8 Å². The van der Waals surface area contributed by atoms with Crippen LogP contribution in [0, 0.1) is 5.92 Å². The Hall–Kier alpha value is -2.58. The lowest BCUT2D eigenvalue weighted by Crippen LogP contribution is -2.40. The molecule has 3 rings (SSSR count). The van der Waals surface area contributed by atoms with Gasteiger partial charge in [-0.05, 0) is 67.7 Å². The summed E-state index contributed by atoms with van der Waals surface area (Å²) in [5, 5.41) is 10.3. The maximum Gasteiger partial charge on any atom is 0.471 e. The highest BCUT2D eigenvalue weighted by atomic mass is 19.4. The summed E-state index contributed by atoms with van der Waals surface area (Å²) in [7, 11) is 0. The summed E-state index contributed by atoms with van der Waals surface area (Å²) in [4.78, 5) is 38.4. The van der Waals surface area contributed by atoms with Crippen molar-refractivity contribution in [3.63, 3.8) is 0 Å². The van der Waals surface area contributed by atoms with Crippen LogP contribution in [0.1, 0.15) is 66.9 Å². The highest BCUT2D eigenvalue weighted by Gasteiger charge is 2.42. The van der Waals surface area contributed by atoms with Gasteiger partial charge in [0.25, 0.3) is 0 Å². The molecule has 2 amide bonds. The number of halogens is 3. The fourth-order valence-electron chi connectivity index (χ4n) is 4.60. The van der Waals surface area contributed by atoms with Crippen molar-refractivity contribution in [1.29, 1.82) is 0 Å². The first-order chi connectivity index (χ1) is 15.1. The number of carbonyl (C=O) groups excluding carboxylic acids is 3. The molecular formula is C23H29F3N2O4. The number of phenols is 1. The SMILES string of the molecule is CC(=O)N1CCC(CCCC(=O)c2cc3c(cc2O)CCCN(C(=O)C(F)(F)F)C3)CC1. The van der Waals surface area contributed by atoms with Crippen molar-refractivity contribution < 1.29 is 32.7 Å². The number of ketones is 1. The van der Waals surface area contributed by atoms with Gasteiger partial charge in [-0.2, -0.15) is 13.2 Å². The van der Waals surface area contributed by atoms with Gasteiger partial charge in [0.2, 0.25) is 5.91 Å². The van der Waals surface area contributed by atoms with Crippen LogP contribution < -0.4 is 0 Å². The summed E-state index contributed by atoms with van der Waals surface area (Å²) < 4.78 is 38.6. The summed E-state index contributed by atoms with van der Waals surface area (Å²) >= 11 is 0. The maximum absolute atomic E-state index is 12.9. The van der Waals surface area contributed by atoms with E-state index < -0.39 is 12.1 Å². The molecule has 9 heteroatoms. The molecule has 0 radical (unpaired) electrons. The topological polar surface area (TPSA) is 77.9 Å². The van der Waals surface area contributed by atoms with Gasteiger partial charge in [-0.1, -0.05) is 0 Å². The zero-order valence-electron chi connectivity index (χ0n) is 18.2. The molecule has 1 aromatic carbocycles. The number of phenolic OH excluding ortho intramolecular Hbond substituents is 1. The molecule has 0 bridgehead atoms. The lowest BCUT2D eigenvalue weighted by molar-refractivity contribution is -0.186. The molecule has 0 saturated carbocycles. The number of alkyl halides is 3. The summed E-state index contributed by atoms with van der Waals surface area (Å²) in [6.07, 6.45) is -0.648. The monoisotopic (exact) mass is 454 g/mol. The number of rotatable bonds is 5. The number of likely N-dealkylation sites (tertiary alicyclic amines) is 1. The molecule has 176 valence electrons. The first kappa shape index (κ1) is 24.1. The minimum atomic E-state index is -4.94. The van der Waals surface area contributed by atoms with Crippen LogP contribution >= 0.6 is 0 Å². The summed E-state index contributed by atoms with van der Waals surface area (Å²) in [5.41, 5.74) is 1.23. The van der Waals surface area contributed by atoms with Crippen LogP contribution in [-0.2, 0) is 22.6 Å². The van der Waals surface area contributed by atoms with Crippen LogP contribution in [0.5, 0.6) is 5.75 Å². The first-order valence-electron chi connectivity index (χ1n) is 11.1. The van der Waals surface area contributed by atoms with Gasteiger partial charge in [0, 0.05) is 39.5 Å². The molecule has 1 fully saturated rings. The van der Waals surface area contributed by atoms with Gasteiger partial charge >= 0.3 is 12.1 Å². The Morgan fingerprint density at radius 3 is 2.38 bits per heavy atom.